The molecule has 2 fully saturated rings. The zero-order valence-electron chi connectivity index (χ0n) is 40.8. The van der Waals surface area contributed by atoms with Gasteiger partial charge in [0.05, 0.1) is 25.4 Å². The lowest BCUT2D eigenvalue weighted by Gasteiger charge is -2.21. The molecule has 6 N–H and O–H groups in total. The first-order chi connectivity index (χ1) is 33.1. The van der Waals surface area contributed by atoms with Crippen LogP contribution in [0.5, 0.6) is 0 Å². The van der Waals surface area contributed by atoms with Gasteiger partial charge in [-0.15, -0.1) is 0 Å². The number of phosphoric ester groups is 2. The summed E-state index contributed by atoms with van der Waals surface area (Å²) in [7, 11) is -10.9. The van der Waals surface area contributed by atoms with E-state index in [2.05, 4.69) is 59.6 Å². The Labute approximate surface area is 408 Å². The number of phosphoric acid groups is 2. The largest absolute Gasteiger partial charge is 0.481 e. The number of allylic oxidation sites excluding steroid dienone is 5. The fraction of sp³-hybridized carbons (Fsp3) is 0.750. The van der Waals surface area contributed by atoms with Gasteiger partial charge in [0.25, 0.3) is 0 Å². The van der Waals surface area contributed by atoms with E-state index in [1.807, 2.05) is 0 Å². The maximum atomic E-state index is 12.9. The van der Waals surface area contributed by atoms with Crippen molar-refractivity contribution in [1.82, 2.24) is 9.55 Å². The van der Waals surface area contributed by atoms with E-state index in [1.165, 1.54) is 44.6 Å². The standard InChI is InChI=1S/C48H81N3O16P2/c1-3-5-7-8-9-10-11-12-13-14-15-16-20-23-27-31-43(52)61-35-38(64-44(53)32-28-24-21-18-17-19-22-26-30-40-39(65-40)29-25-6-4-2)36-62-68(57,58)67-69(59,60)63-37-41-45(54)46(55)47(66-41)51-34-33-42(49)50-48(51)56/h9-10,12-13,22,26,33-34,38-41,45-47,54-55H,3-8,11,14-21,23-25,27-32,35-37H2,1-2H3,(H,57,58)(H,59,60)(H2,49,50,56)/b10-9-,13-12-,26-22-/t38-,39?,40?,41-,45-,46-,47-/m1/s1. The average Bonchev–Trinajstić information content (AvgIpc) is 3.99. The van der Waals surface area contributed by atoms with Gasteiger partial charge in [-0.25, -0.2) is 13.9 Å². The minimum absolute atomic E-state index is 0.0260. The number of esters is 2. The van der Waals surface area contributed by atoms with Crippen molar-refractivity contribution in [2.45, 2.75) is 211 Å². The molecule has 21 heteroatoms. The number of ether oxygens (including phenoxy) is 4. The molecule has 3 rings (SSSR count). The zero-order chi connectivity index (χ0) is 50.3. The number of hydrogen-bond acceptors (Lipinski definition) is 16. The molecule has 0 aliphatic carbocycles. The molecule has 0 bridgehead atoms. The van der Waals surface area contributed by atoms with E-state index in [-0.39, 0.29) is 18.7 Å². The second-order valence-electron chi connectivity index (χ2n) is 17.7. The Morgan fingerprint density at radius 2 is 1.30 bits per heavy atom. The first-order valence-corrected chi connectivity index (χ1v) is 28.1. The number of carbonyl (C=O) groups is 2. The second kappa shape index (κ2) is 34.3. The van der Waals surface area contributed by atoms with Crippen molar-refractivity contribution in [3.8, 4) is 0 Å². The summed E-state index contributed by atoms with van der Waals surface area (Å²) >= 11 is 0. The van der Waals surface area contributed by atoms with Crippen LogP contribution in [0.15, 0.2) is 53.5 Å². The lowest BCUT2D eigenvalue weighted by Crippen LogP contribution is -2.36. The van der Waals surface area contributed by atoms with E-state index in [9.17, 15) is 43.5 Å². The maximum Gasteiger partial charge on any atom is 0.481 e. The van der Waals surface area contributed by atoms with Gasteiger partial charge in [-0.05, 0) is 76.7 Å². The number of aliphatic hydroxyl groups is 2. The summed E-state index contributed by atoms with van der Waals surface area (Å²) < 4.78 is 62.5. The number of nitrogen functional groups attached to an aromatic ring is 1. The summed E-state index contributed by atoms with van der Waals surface area (Å²) in [6.45, 7) is 2.06. The number of anilines is 1. The van der Waals surface area contributed by atoms with Crippen LogP contribution >= 0.6 is 15.6 Å². The minimum atomic E-state index is -5.43. The maximum absolute atomic E-state index is 12.9. The Bertz CT molecular complexity index is 1860. The third kappa shape index (κ3) is 26.8. The Kier molecular flexibility index (Phi) is 30.0. The number of nitrogens with two attached hydrogens (primary N) is 1. The first-order valence-electron chi connectivity index (χ1n) is 25.1. The summed E-state index contributed by atoms with van der Waals surface area (Å²) in [5, 5.41) is 20.9. The summed E-state index contributed by atoms with van der Waals surface area (Å²) in [6.07, 6.45) is 29.6. The molecule has 19 nitrogen and oxygen atoms in total. The smallest absolute Gasteiger partial charge is 0.462 e. The number of hydrogen-bond donors (Lipinski definition) is 5. The number of rotatable bonds is 40. The molecule has 1 aromatic rings. The number of aliphatic hydroxyl groups excluding tert-OH is 2. The van der Waals surface area contributed by atoms with Gasteiger partial charge < -0.3 is 44.7 Å². The SMILES string of the molecule is CCCCC/C=C\C/C=C\CCCCCCCC(=O)OC[C@H](COP(=O)(O)OP(=O)(O)OC[C@H]1O[C@@H](n2ccc(N)nc2=O)[C@H](O)[C@@H]1O)OC(=O)CCCCCCC/C=C\CC1OC1CCCCC. The lowest BCUT2D eigenvalue weighted by molar-refractivity contribution is -0.161. The highest BCUT2D eigenvalue weighted by Crippen LogP contribution is 2.60. The van der Waals surface area contributed by atoms with E-state index in [4.69, 9.17) is 33.7 Å². The van der Waals surface area contributed by atoms with Crippen LogP contribution in [0.2, 0.25) is 0 Å². The number of epoxide rings is 1. The third-order valence-electron chi connectivity index (χ3n) is 11.6. The first kappa shape index (κ1) is 60.2. The molecule has 2 aliphatic heterocycles. The van der Waals surface area contributed by atoms with E-state index in [0.717, 1.165) is 101 Å². The molecule has 9 atom stereocenters. The lowest BCUT2D eigenvalue weighted by atomic mass is 10.1. The van der Waals surface area contributed by atoms with Gasteiger partial charge in [-0.2, -0.15) is 9.29 Å². The molecular formula is C48H81N3O16P2. The van der Waals surface area contributed by atoms with E-state index >= 15 is 0 Å². The van der Waals surface area contributed by atoms with Crippen molar-refractivity contribution in [3.63, 3.8) is 0 Å². The highest BCUT2D eigenvalue weighted by atomic mass is 31.3. The predicted octanol–water partition coefficient (Wildman–Crippen LogP) is 8.99. The van der Waals surface area contributed by atoms with Crippen LogP contribution in [0.25, 0.3) is 0 Å². The fourth-order valence-electron chi connectivity index (χ4n) is 7.58. The van der Waals surface area contributed by atoms with Crippen LogP contribution in [0.3, 0.4) is 0 Å². The van der Waals surface area contributed by atoms with Gasteiger partial charge in [0, 0.05) is 19.0 Å². The number of unbranched alkanes of at least 4 members (excludes halogenated alkanes) is 15. The molecular weight excluding hydrogens is 936 g/mol. The van der Waals surface area contributed by atoms with Crippen molar-refractivity contribution in [2.24, 2.45) is 0 Å². The minimum Gasteiger partial charge on any atom is -0.462 e. The number of aromatic nitrogens is 2. The van der Waals surface area contributed by atoms with Crippen LogP contribution in [0, 0.1) is 0 Å². The normalized spacial score (nSPS) is 22.6. The van der Waals surface area contributed by atoms with Gasteiger partial charge in [-0.3, -0.25) is 23.2 Å². The van der Waals surface area contributed by atoms with Gasteiger partial charge >= 0.3 is 33.3 Å². The molecule has 69 heavy (non-hydrogen) atoms. The van der Waals surface area contributed by atoms with Crippen molar-refractivity contribution < 1.29 is 71.0 Å². The van der Waals surface area contributed by atoms with Crippen LogP contribution in [-0.2, 0) is 51.0 Å². The number of carbonyl (C=O) groups excluding carboxylic acids is 2. The molecule has 0 aromatic carbocycles. The molecule has 0 spiro atoms. The van der Waals surface area contributed by atoms with Gasteiger partial charge in [0.15, 0.2) is 12.3 Å². The predicted molar refractivity (Wildman–Crippen MR) is 261 cm³/mol. The monoisotopic (exact) mass is 1020 g/mol. The molecule has 4 unspecified atom stereocenters. The van der Waals surface area contributed by atoms with Crippen molar-refractivity contribution >= 4 is 33.4 Å². The summed E-state index contributed by atoms with van der Waals surface area (Å²) in [4.78, 5) is 61.9. The Morgan fingerprint density at radius 3 is 1.96 bits per heavy atom. The molecule has 1 aromatic heterocycles. The molecule has 0 saturated carbocycles. The van der Waals surface area contributed by atoms with E-state index < -0.39 is 83.7 Å². The third-order valence-corrected chi connectivity index (χ3v) is 14.2. The van der Waals surface area contributed by atoms with E-state index in [0.29, 0.717) is 25.0 Å². The van der Waals surface area contributed by atoms with Crippen LogP contribution in [0.1, 0.15) is 174 Å². The summed E-state index contributed by atoms with van der Waals surface area (Å²) in [5.74, 6) is -1.33. The van der Waals surface area contributed by atoms with Crippen LogP contribution in [-0.4, -0.2) is 97.9 Å². The molecule has 2 aliphatic rings. The molecule has 0 radical (unpaired) electrons. The second-order valence-corrected chi connectivity index (χ2v) is 20.7. The van der Waals surface area contributed by atoms with Crippen molar-refractivity contribution in [3.05, 3.63) is 59.2 Å². The molecule has 0 amide bonds. The van der Waals surface area contributed by atoms with Crippen molar-refractivity contribution in [1.29, 1.82) is 0 Å². The Morgan fingerprint density at radius 1 is 0.725 bits per heavy atom. The summed E-state index contributed by atoms with van der Waals surface area (Å²) in [5.41, 5.74) is 4.58. The van der Waals surface area contributed by atoms with Gasteiger partial charge in [0.1, 0.15) is 30.7 Å². The average molecular weight is 1020 g/mol. The molecule has 3 heterocycles. The Hall–Kier alpha value is -3.06. The molecule has 2 saturated heterocycles. The topological polar surface area (TPSA) is 278 Å². The zero-order valence-corrected chi connectivity index (χ0v) is 42.6. The summed E-state index contributed by atoms with van der Waals surface area (Å²) in [6, 6.07) is 1.25. The quantitative estimate of drug-likeness (QED) is 0.0135. The van der Waals surface area contributed by atoms with Crippen molar-refractivity contribution in [2.75, 3.05) is 25.6 Å². The highest BCUT2D eigenvalue weighted by Gasteiger charge is 2.46. The number of nitrogens with zero attached hydrogens (tertiary/aromatic N) is 2. The van der Waals surface area contributed by atoms with Gasteiger partial charge in [-0.1, -0.05) is 121 Å². The molecule has 394 valence electrons. The highest BCUT2D eigenvalue weighted by molar-refractivity contribution is 7.61. The van der Waals surface area contributed by atoms with Crippen LogP contribution in [0.4, 0.5) is 5.82 Å². The van der Waals surface area contributed by atoms with Crippen LogP contribution < -0.4 is 11.4 Å². The fourth-order valence-corrected chi connectivity index (χ4v) is 9.69. The van der Waals surface area contributed by atoms with E-state index in [1.54, 1.807) is 0 Å². The Balaban J connectivity index is 1.41. The van der Waals surface area contributed by atoms with Gasteiger partial charge in [0.2, 0.25) is 0 Å².